The van der Waals surface area contributed by atoms with Crippen molar-refractivity contribution in [1.82, 2.24) is 0 Å². The largest absolute Gasteiger partial charge is 0.472 e. The number of hydrogen-bond acceptors (Lipinski definition) is 9. The number of ether oxygens (including phenoxy) is 2. The van der Waals surface area contributed by atoms with Crippen molar-refractivity contribution in [3.8, 4) is 0 Å². The highest BCUT2D eigenvalue weighted by Crippen LogP contribution is 2.43. The van der Waals surface area contributed by atoms with Gasteiger partial charge >= 0.3 is 19.8 Å². The smallest absolute Gasteiger partial charge is 0.462 e. The van der Waals surface area contributed by atoms with Gasteiger partial charge in [-0.25, -0.2) is 4.57 Å². The Morgan fingerprint density at radius 1 is 0.508 bits per heavy atom. The summed E-state index contributed by atoms with van der Waals surface area (Å²) in [5, 5.41) is 18.3. The Balaban J connectivity index is 4.45. The molecule has 0 rings (SSSR count). The number of carbonyl (C=O) groups excluding carboxylic acids is 2. The molecule has 0 aliphatic heterocycles. The van der Waals surface area contributed by atoms with Gasteiger partial charge in [0.2, 0.25) is 0 Å². The van der Waals surface area contributed by atoms with Crippen LogP contribution in [0.2, 0.25) is 0 Å². The second-order valence-electron chi connectivity index (χ2n) is 14.7. The number of phosphoric ester groups is 1. The molecular formula is C48H81O10P. The molecule has 0 aromatic rings. The van der Waals surface area contributed by atoms with Gasteiger partial charge in [0.05, 0.1) is 19.8 Å². The summed E-state index contributed by atoms with van der Waals surface area (Å²) in [7, 11) is -4.65. The van der Waals surface area contributed by atoms with Gasteiger partial charge in [-0.05, 0) is 89.9 Å². The van der Waals surface area contributed by atoms with Crippen LogP contribution in [0.15, 0.2) is 85.1 Å². The minimum Gasteiger partial charge on any atom is -0.462 e. The van der Waals surface area contributed by atoms with E-state index in [-0.39, 0.29) is 19.4 Å². The molecule has 0 radical (unpaired) electrons. The average molecular weight is 849 g/mol. The van der Waals surface area contributed by atoms with Crippen LogP contribution in [-0.2, 0) is 32.7 Å². The van der Waals surface area contributed by atoms with Gasteiger partial charge in [0.1, 0.15) is 12.7 Å². The fourth-order valence-electron chi connectivity index (χ4n) is 5.52. The topological polar surface area (TPSA) is 149 Å². The van der Waals surface area contributed by atoms with Gasteiger partial charge < -0.3 is 24.6 Å². The zero-order chi connectivity index (χ0) is 43.3. The molecule has 0 bridgehead atoms. The SMILES string of the molecule is CCCCC/C=C/C/C=C/C/C=C/CCCCC(=O)OC[C@H](COP(=O)(O)OC[C@@H](O)CO)OC(=O)CCC/C=C/C/C=C/C/C=C/C/C=C/CCCCCCCCC. The summed E-state index contributed by atoms with van der Waals surface area (Å²) in [6.45, 7) is 2.23. The maximum atomic E-state index is 12.6. The lowest BCUT2D eigenvalue weighted by molar-refractivity contribution is -0.161. The van der Waals surface area contributed by atoms with E-state index in [1.807, 2.05) is 12.2 Å². The predicted octanol–water partition coefficient (Wildman–Crippen LogP) is 12.2. The zero-order valence-corrected chi connectivity index (χ0v) is 37.6. The summed E-state index contributed by atoms with van der Waals surface area (Å²) in [6.07, 6.45) is 51.3. The molecule has 338 valence electrons. The lowest BCUT2D eigenvalue weighted by Crippen LogP contribution is -2.29. The van der Waals surface area contributed by atoms with E-state index in [2.05, 4.69) is 91.3 Å². The Hall–Kier alpha value is -2.85. The lowest BCUT2D eigenvalue weighted by Gasteiger charge is -2.20. The molecule has 11 heteroatoms. The van der Waals surface area contributed by atoms with Crippen molar-refractivity contribution in [2.45, 2.75) is 180 Å². The summed E-state index contributed by atoms with van der Waals surface area (Å²) in [6, 6.07) is 0. The van der Waals surface area contributed by atoms with E-state index < -0.39 is 51.8 Å². The molecule has 0 saturated heterocycles. The van der Waals surface area contributed by atoms with E-state index in [0.717, 1.165) is 51.4 Å². The lowest BCUT2D eigenvalue weighted by atomic mass is 10.1. The van der Waals surface area contributed by atoms with Gasteiger partial charge in [0, 0.05) is 12.8 Å². The molecule has 0 heterocycles. The van der Waals surface area contributed by atoms with Crippen molar-refractivity contribution in [3.05, 3.63) is 85.1 Å². The zero-order valence-electron chi connectivity index (χ0n) is 36.7. The van der Waals surface area contributed by atoms with Crippen molar-refractivity contribution in [2.75, 3.05) is 26.4 Å². The van der Waals surface area contributed by atoms with Crippen LogP contribution in [0, 0.1) is 0 Å². The van der Waals surface area contributed by atoms with Gasteiger partial charge in [0.25, 0.3) is 0 Å². The first kappa shape index (κ1) is 56.1. The van der Waals surface area contributed by atoms with Crippen LogP contribution in [0.3, 0.4) is 0 Å². The second kappa shape index (κ2) is 43.2. The molecule has 0 saturated carbocycles. The quantitative estimate of drug-likeness (QED) is 0.0235. The third kappa shape index (κ3) is 43.1. The summed E-state index contributed by atoms with van der Waals surface area (Å²) < 4.78 is 32.6. The summed E-state index contributed by atoms with van der Waals surface area (Å²) in [5.41, 5.74) is 0. The molecule has 59 heavy (non-hydrogen) atoms. The summed E-state index contributed by atoms with van der Waals surface area (Å²) in [4.78, 5) is 35.0. The van der Waals surface area contributed by atoms with Crippen LogP contribution >= 0.6 is 7.82 Å². The first-order valence-electron chi connectivity index (χ1n) is 22.5. The van der Waals surface area contributed by atoms with Gasteiger partial charge in [0.15, 0.2) is 6.10 Å². The first-order valence-corrected chi connectivity index (χ1v) is 24.0. The number of rotatable bonds is 41. The Morgan fingerprint density at radius 3 is 1.41 bits per heavy atom. The van der Waals surface area contributed by atoms with Crippen LogP contribution in [0.1, 0.15) is 168 Å². The monoisotopic (exact) mass is 849 g/mol. The van der Waals surface area contributed by atoms with Crippen molar-refractivity contribution >= 4 is 19.8 Å². The number of carbonyl (C=O) groups is 2. The van der Waals surface area contributed by atoms with Crippen molar-refractivity contribution < 1.29 is 47.8 Å². The second-order valence-corrected chi connectivity index (χ2v) is 16.2. The predicted molar refractivity (Wildman–Crippen MR) is 242 cm³/mol. The maximum absolute atomic E-state index is 12.6. The van der Waals surface area contributed by atoms with Crippen LogP contribution < -0.4 is 0 Å². The average Bonchev–Trinajstić information content (AvgIpc) is 3.22. The fraction of sp³-hybridized carbons (Fsp3) is 0.667. The highest BCUT2D eigenvalue weighted by Gasteiger charge is 2.27. The molecule has 0 aromatic carbocycles. The fourth-order valence-corrected chi connectivity index (χ4v) is 6.31. The highest BCUT2D eigenvalue weighted by atomic mass is 31.2. The number of aliphatic hydroxyl groups is 2. The third-order valence-corrected chi connectivity index (χ3v) is 9.97. The van der Waals surface area contributed by atoms with Gasteiger partial charge in [-0.3, -0.25) is 18.6 Å². The molecule has 0 aliphatic carbocycles. The van der Waals surface area contributed by atoms with Crippen molar-refractivity contribution in [3.63, 3.8) is 0 Å². The van der Waals surface area contributed by atoms with E-state index in [9.17, 15) is 24.2 Å². The van der Waals surface area contributed by atoms with Crippen LogP contribution in [0.5, 0.6) is 0 Å². The number of hydrogen-bond donors (Lipinski definition) is 3. The molecule has 10 nitrogen and oxygen atoms in total. The maximum Gasteiger partial charge on any atom is 0.472 e. The summed E-state index contributed by atoms with van der Waals surface area (Å²) in [5.74, 6) is -1.04. The Morgan fingerprint density at radius 2 is 0.898 bits per heavy atom. The van der Waals surface area contributed by atoms with Gasteiger partial charge in [-0.1, -0.05) is 150 Å². The van der Waals surface area contributed by atoms with Crippen LogP contribution in [0.25, 0.3) is 0 Å². The first-order chi connectivity index (χ1) is 28.7. The number of esters is 2. The number of aliphatic hydroxyl groups excluding tert-OH is 2. The summed E-state index contributed by atoms with van der Waals surface area (Å²) >= 11 is 0. The minimum atomic E-state index is -4.65. The number of allylic oxidation sites excluding steroid dienone is 14. The van der Waals surface area contributed by atoms with Crippen LogP contribution in [0.4, 0.5) is 0 Å². The molecule has 0 fully saturated rings. The van der Waals surface area contributed by atoms with Gasteiger partial charge in [-0.2, -0.15) is 0 Å². The van der Waals surface area contributed by atoms with Gasteiger partial charge in [-0.15, -0.1) is 0 Å². The highest BCUT2D eigenvalue weighted by molar-refractivity contribution is 7.47. The van der Waals surface area contributed by atoms with Crippen LogP contribution in [-0.4, -0.2) is 65.7 Å². The van der Waals surface area contributed by atoms with E-state index in [1.165, 1.54) is 70.6 Å². The molecule has 0 aliphatic rings. The molecule has 3 N–H and O–H groups in total. The van der Waals surface area contributed by atoms with E-state index in [4.69, 9.17) is 19.1 Å². The van der Waals surface area contributed by atoms with Crippen molar-refractivity contribution in [1.29, 1.82) is 0 Å². The van der Waals surface area contributed by atoms with Crippen molar-refractivity contribution in [2.24, 2.45) is 0 Å². The molecule has 3 atom stereocenters. The molecule has 0 spiro atoms. The normalized spacial score (nSPS) is 14.6. The van der Waals surface area contributed by atoms with E-state index >= 15 is 0 Å². The number of unbranched alkanes of at least 4 members (excludes halogenated alkanes) is 13. The molecule has 0 amide bonds. The third-order valence-electron chi connectivity index (χ3n) is 9.02. The Kier molecular flexibility index (Phi) is 41.2. The minimum absolute atomic E-state index is 0.0956. The van der Waals surface area contributed by atoms with E-state index in [0.29, 0.717) is 19.3 Å². The standard InChI is InChI=1S/C48H81O10P/c1-3-5-7-9-11-13-15-17-19-20-21-22-23-24-26-28-30-32-34-36-38-40-48(52)58-46(44-57-59(53,54)56-42-45(50)41-49)43-55-47(51)39-37-35-33-31-29-27-25-18-16-14-12-10-8-6-4-2/h12,14,18-20,22-23,25-26,28-29,31-32,34,45-46,49-50H,3-11,13,15-17,21,24,27,30,33,35-44H2,1-2H3,(H,53,54)/b14-12+,20-19+,23-22+,25-18+,28-26+,31-29+,34-32+/t45-,46+/m0/s1. The molecule has 0 aromatic heterocycles. The molecule has 1 unspecified atom stereocenters. The number of phosphoric acid groups is 1. The Labute approximate surface area is 358 Å². The molecular weight excluding hydrogens is 767 g/mol. The Bertz CT molecular complexity index is 1250. The van der Waals surface area contributed by atoms with E-state index in [1.54, 1.807) is 0 Å².